The largest absolute Gasteiger partial charge is 0.416 e. The molecule has 156 valence electrons. The van der Waals surface area contributed by atoms with Crippen molar-refractivity contribution in [2.45, 2.75) is 70.4 Å². The van der Waals surface area contributed by atoms with Gasteiger partial charge in [-0.3, -0.25) is 4.79 Å². The summed E-state index contributed by atoms with van der Waals surface area (Å²) in [5.74, 6) is 0.997. The number of hydrogen-bond donors (Lipinski definition) is 0. The summed E-state index contributed by atoms with van der Waals surface area (Å²) in [4.78, 5) is 12.6. The number of unbranched alkanes of at least 4 members (excludes halogenated alkanes) is 2. The maximum atomic E-state index is 12.9. The molecular weight excluding hydrogens is 373 g/mol. The van der Waals surface area contributed by atoms with Gasteiger partial charge in [0.1, 0.15) is 0 Å². The van der Waals surface area contributed by atoms with E-state index in [0.29, 0.717) is 11.5 Å². The van der Waals surface area contributed by atoms with Crippen LogP contribution in [0, 0.1) is 5.92 Å². The molecule has 0 radical (unpaired) electrons. The van der Waals surface area contributed by atoms with Gasteiger partial charge in [0.2, 0.25) is 0 Å². The van der Waals surface area contributed by atoms with Crippen LogP contribution in [0.2, 0.25) is 0 Å². The summed E-state index contributed by atoms with van der Waals surface area (Å²) < 4.78 is 38.7. The molecule has 1 aliphatic carbocycles. The average molecular weight is 403 g/mol. The first kappa shape index (κ1) is 21.6. The van der Waals surface area contributed by atoms with Crippen LogP contribution in [0.15, 0.2) is 48.5 Å². The number of halogens is 3. The zero-order valence-electron chi connectivity index (χ0n) is 17.0. The van der Waals surface area contributed by atoms with E-state index in [-0.39, 0.29) is 11.3 Å². The smallest absolute Gasteiger partial charge is 0.289 e. The first-order valence-corrected chi connectivity index (χ1v) is 10.7. The minimum absolute atomic E-state index is 0.0696. The lowest BCUT2D eigenvalue weighted by Gasteiger charge is -2.29. The molecule has 0 aliphatic heterocycles. The normalized spacial score (nSPS) is 19.9. The number of alkyl halides is 3. The van der Waals surface area contributed by atoms with Crippen molar-refractivity contribution in [3.05, 3.63) is 70.8 Å². The van der Waals surface area contributed by atoms with Gasteiger partial charge in [0.05, 0.1) is 5.56 Å². The highest BCUT2D eigenvalue weighted by molar-refractivity contribution is 6.09. The summed E-state index contributed by atoms with van der Waals surface area (Å²) >= 11 is 0. The molecule has 1 aliphatic rings. The molecular formula is C25H29F3O. The molecule has 0 unspecified atom stereocenters. The molecule has 0 aromatic heterocycles. The number of hydrogen-bond acceptors (Lipinski definition) is 1. The van der Waals surface area contributed by atoms with Gasteiger partial charge in [0.15, 0.2) is 5.78 Å². The Bertz CT molecular complexity index is 800. The number of rotatable bonds is 7. The van der Waals surface area contributed by atoms with Crippen LogP contribution < -0.4 is 0 Å². The maximum Gasteiger partial charge on any atom is 0.416 e. The second-order valence-electron chi connectivity index (χ2n) is 8.24. The summed E-state index contributed by atoms with van der Waals surface area (Å²) in [5.41, 5.74) is 0.940. The van der Waals surface area contributed by atoms with Crippen LogP contribution in [0.1, 0.15) is 91.3 Å². The molecule has 4 heteroatoms. The van der Waals surface area contributed by atoms with E-state index in [1.807, 2.05) is 12.1 Å². The zero-order valence-corrected chi connectivity index (χ0v) is 17.0. The lowest BCUT2D eigenvalue weighted by Crippen LogP contribution is -2.13. The molecule has 2 aromatic rings. The molecule has 2 aromatic carbocycles. The number of carbonyl (C=O) groups excluding carboxylic acids is 1. The highest BCUT2D eigenvalue weighted by Crippen LogP contribution is 2.38. The van der Waals surface area contributed by atoms with Gasteiger partial charge >= 0.3 is 6.18 Å². The van der Waals surface area contributed by atoms with Crippen LogP contribution in [0.4, 0.5) is 13.2 Å². The fourth-order valence-corrected chi connectivity index (χ4v) is 4.38. The predicted octanol–water partition coefficient (Wildman–Crippen LogP) is 7.79. The summed E-state index contributed by atoms with van der Waals surface area (Å²) in [6.45, 7) is 2.23. The first-order chi connectivity index (χ1) is 13.9. The van der Waals surface area contributed by atoms with Crippen LogP contribution in [0.25, 0.3) is 0 Å². The van der Waals surface area contributed by atoms with Crippen molar-refractivity contribution in [1.82, 2.24) is 0 Å². The highest BCUT2D eigenvalue weighted by Gasteiger charge is 2.31. The van der Waals surface area contributed by atoms with Gasteiger partial charge in [-0.05, 0) is 55.2 Å². The molecule has 0 amide bonds. The van der Waals surface area contributed by atoms with E-state index >= 15 is 0 Å². The third kappa shape index (κ3) is 5.71. The van der Waals surface area contributed by atoms with Gasteiger partial charge in [0, 0.05) is 11.1 Å². The van der Waals surface area contributed by atoms with Gasteiger partial charge in [-0.15, -0.1) is 0 Å². The quantitative estimate of drug-likeness (QED) is 0.341. The van der Waals surface area contributed by atoms with Crippen molar-refractivity contribution in [3.63, 3.8) is 0 Å². The molecule has 1 saturated carbocycles. The maximum absolute atomic E-state index is 12.9. The van der Waals surface area contributed by atoms with E-state index in [9.17, 15) is 18.0 Å². The van der Waals surface area contributed by atoms with Gasteiger partial charge < -0.3 is 0 Å². The third-order valence-corrected chi connectivity index (χ3v) is 6.16. The molecule has 29 heavy (non-hydrogen) atoms. The fraction of sp³-hybridized carbons (Fsp3) is 0.480. The van der Waals surface area contributed by atoms with E-state index in [1.165, 1.54) is 69.1 Å². The van der Waals surface area contributed by atoms with Crippen LogP contribution >= 0.6 is 0 Å². The predicted molar refractivity (Wildman–Crippen MR) is 110 cm³/mol. The molecule has 0 bridgehead atoms. The van der Waals surface area contributed by atoms with Crippen molar-refractivity contribution >= 4 is 5.78 Å². The Kier molecular flexibility index (Phi) is 7.15. The molecule has 3 rings (SSSR count). The van der Waals surface area contributed by atoms with Crippen molar-refractivity contribution in [2.75, 3.05) is 0 Å². The van der Waals surface area contributed by atoms with Crippen LogP contribution in [0.5, 0.6) is 0 Å². The lowest BCUT2D eigenvalue weighted by atomic mass is 9.77. The Morgan fingerprint density at radius 3 is 2.24 bits per heavy atom. The fourth-order valence-electron chi connectivity index (χ4n) is 4.38. The Balaban J connectivity index is 1.61. The second-order valence-corrected chi connectivity index (χ2v) is 8.24. The average Bonchev–Trinajstić information content (AvgIpc) is 2.73. The molecule has 0 N–H and O–H groups in total. The summed E-state index contributed by atoms with van der Waals surface area (Å²) in [6, 6.07) is 12.1. The Hall–Kier alpha value is -2.10. The minimum Gasteiger partial charge on any atom is -0.289 e. The Morgan fingerprint density at radius 2 is 1.62 bits per heavy atom. The Morgan fingerprint density at radius 1 is 0.931 bits per heavy atom. The van der Waals surface area contributed by atoms with E-state index in [2.05, 4.69) is 6.92 Å². The van der Waals surface area contributed by atoms with Gasteiger partial charge in [-0.25, -0.2) is 0 Å². The molecule has 0 atom stereocenters. The molecule has 0 spiro atoms. The summed E-state index contributed by atoms with van der Waals surface area (Å²) in [5, 5.41) is 0. The molecule has 0 saturated heterocycles. The van der Waals surface area contributed by atoms with Crippen molar-refractivity contribution < 1.29 is 18.0 Å². The van der Waals surface area contributed by atoms with Crippen molar-refractivity contribution in [2.24, 2.45) is 5.92 Å². The van der Waals surface area contributed by atoms with Crippen molar-refractivity contribution in [3.8, 4) is 0 Å². The van der Waals surface area contributed by atoms with Crippen LogP contribution in [-0.4, -0.2) is 5.78 Å². The highest BCUT2D eigenvalue weighted by atomic mass is 19.4. The Labute approximate surface area is 171 Å². The van der Waals surface area contributed by atoms with Crippen LogP contribution in [0.3, 0.4) is 0 Å². The molecule has 1 nitrogen and oxygen atoms in total. The van der Waals surface area contributed by atoms with E-state index in [4.69, 9.17) is 0 Å². The number of ketones is 1. The SMILES string of the molecule is CCCCCC1CCC(c2ccc(C(=O)c3cccc(C(F)(F)F)c3)cc2)CC1. The monoisotopic (exact) mass is 402 g/mol. The van der Waals surface area contributed by atoms with Gasteiger partial charge in [-0.1, -0.05) is 69.0 Å². The molecule has 0 heterocycles. The second kappa shape index (κ2) is 9.60. The van der Waals surface area contributed by atoms with E-state index in [1.54, 1.807) is 12.1 Å². The standard InChI is InChI=1S/C25H29F3O/c1-2-3-4-6-18-9-11-19(12-10-18)20-13-15-21(16-14-20)24(29)22-7-5-8-23(17-22)25(26,27)28/h5,7-8,13-19H,2-4,6,9-12H2,1H3. The topological polar surface area (TPSA) is 17.1 Å². The van der Waals surface area contributed by atoms with E-state index in [0.717, 1.165) is 18.1 Å². The lowest BCUT2D eigenvalue weighted by molar-refractivity contribution is -0.137. The third-order valence-electron chi connectivity index (χ3n) is 6.16. The summed E-state index contributed by atoms with van der Waals surface area (Å²) in [6.07, 6.45) is 5.69. The number of benzene rings is 2. The summed E-state index contributed by atoms with van der Waals surface area (Å²) in [7, 11) is 0. The van der Waals surface area contributed by atoms with E-state index < -0.39 is 11.7 Å². The van der Waals surface area contributed by atoms with Gasteiger partial charge in [0.25, 0.3) is 0 Å². The van der Waals surface area contributed by atoms with Crippen LogP contribution in [-0.2, 0) is 6.18 Å². The number of carbonyl (C=O) groups is 1. The first-order valence-electron chi connectivity index (χ1n) is 10.7. The minimum atomic E-state index is -4.45. The van der Waals surface area contributed by atoms with Crippen molar-refractivity contribution in [1.29, 1.82) is 0 Å². The zero-order chi connectivity index (χ0) is 20.9. The van der Waals surface area contributed by atoms with Gasteiger partial charge in [-0.2, -0.15) is 13.2 Å². The molecule has 1 fully saturated rings.